The maximum atomic E-state index is 11.9. The summed E-state index contributed by atoms with van der Waals surface area (Å²) in [4.78, 5) is 14.1. The lowest BCUT2D eigenvalue weighted by molar-refractivity contribution is -0.147. The summed E-state index contributed by atoms with van der Waals surface area (Å²) >= 11 is 0. The highest BCUT2D eigenvalue weighted by molar-refractivity contribution is 5.76. The molecule has 4 unspecified atom stereocenters. The van der Waals surface area contributed by atoms with Crippen molar-refractivity contribution in [2.45, 2.75) is 37.8 Å². The third-order valence-corrected chi connectivity index (χ3v) is 4.75. The zero-order chi connectivity index (χ0) is 12.0. The van der Waals surface area contributed by atoms with Gasteiger partial charge < -0.3 is 9.84 Å². The third kappa shape index (κ3) is 1.97. The molecule has 2 saturated carbocycles. The Morgan fingerprint density at radius 1 is 1.29 bits per heavy atom. The molecule has 1 saturated heterocycles. The van der Waals surface area contributed by atoms with Crippen molar-refractivity contribution < 1.29 is 14.6 Å². The number of nitrogens with zero attached hydrogens (tertiary/aromatic N) is 1. The van der Waals surface area contributed by atoms with Crippen molar-refractivity contribution in [3.05, 3.63) is 0 Å². The van der Waals surface area contributed by atoms with Crippen molar-refractivity contribution >= 4 is 5.97 Å². The highest BCUT2D eigenvalue weighted by Crippen LogP contribution is 2.43. The van der Waals surface area contributed by atoms with Gasteiger partial charge >= 0.3 is 5.97 Å². The molecule has 4 nitrogen and oxygen atoms in total. The van der Waals surface area contributed by atoms with Crippen LogP contribution in [0.15, 0.2) is 0 Å². The number of esters is 1. The van der Waals surface area contributed by atoms with Crippen LogP contribution in [0.4, 0.5) is 0 Å². The topological polar surface area (TPSA) is 49.8 Å². The lowest BCUT2D eigenvalue weighted by Gasteiger charge is -2.26. The van der Waals surface area contributed by atoms with Gasteiger partial charge in [-0.25, -0.2) is 0 Å². The zero-order valence-electron chi connectivity index (χ0n) is 10.3. The van der Waals surface area contributed by atoms with Crippen LogP contribution in [0.1, 0.15) is 25.7 Å². The molecule has 3 aliphatic rings. The summed E-state index contributed by atoms with van der Waals surface area (Å²) in [5.41, 5.74) is 0. The summed E-state index contributed by atoms with van der Waals surface area (Å²) in [5, 5.41) is 9.91. The van der Waals surface area contributed by atoms with Crippen molar-refractivity contribution in [2.75, 3.05) is 20.2 Å². The Morgan fingerprint density at radius 3 is 2.65 bits per heavy atom. The predicted molar refractivity (Wildman–Crippen MR) is 62.3 cm³/mol. The van der Waals surface area contributed by atoms with E-state index in [1.54, 1.807) is 0 Å². The van der Waals surface area contributed by atoms with Gasteiger partial charge in [0.1, 0.15) is 6.04 Å². The molecule has 96 valence electrons. The third-order valence-electron chi connectivity index (χ3n) is 4.75. The molecule has 1 heterocycles. The number of likely N-dealkylation sites (tertiary alicyclic amines) is 1. The van der Waals surface area contributed by atoms with E-state index >= 15 is 0 Å². The van der Waals surface area contributed by atoms with Gasteiger partial charge in [-0.15, -0.1) is 0 Å². The number of carbonyl (C=O) groups is 1. The van der Waals surface area contributed by atoms with E-state index in [1.807, 2.05) is 0 Å². The Morgan fingerprint density at radius 2 is 2.06 bits per heavy atom. The number of methoxy groups -OCH3 is 1. The molecule has 0 spiro atoms. The van der Waals surface area contributed by atoms with Crippen LogP contribution < -0.4 is 0 Å². The molecule has 17 heavy (non-hydrogen) atoms. The van der Waals surface area contributed by atoms with E-state index in [1.165, 1.54) is 7.11 Å². The molecule has 0 amide bonds. The second kappa shape index (κ2) is 4.25. The minimum atomic E-state index is -0.150. The van der Waals surface area contributed by atoms with Crippen LogP contribution in [0, 0.1) is 17.8 Å². The van der Waals surface area contributed by atoms with E-state index < -0.39 is 0 Å². The SMILES string of the molecule is COC(=O)C(C1CC1)N1CC2CCC(O)C2C1. The number of ether oxygens (including phenoxy) is 1. The monoisotopic (exact) mass is 239 g/mol. The Hall–Kier alpha value is -0.610. The van der Waals surface area contributed by atoms with Gasteiger partial charge in [0.15, 0.2) is 0 Å². The van der Waals surface area contributed by atoms with E-state index in [-0.39, 0.29) is 18.1 Å². The van der Waals surface area contributed by atoms with Crippen molar-refractivity contribution in [3.8, 4) is 0 Å². The molecule has 3 fully saturated rings. The minimum Gasteiger partial charge on any atom is -0.468 e. The summed E-state index contributed by atoms with van der Waals surface area (Å²) < 4.78 is 4.93. The second-order valence-electron chi connectivity index (χ2n) is 5.83. The van der Waals surface area contributed by atoms with Gasteiger partial charge in [-0.05, 0) is 37.5 Å². The van der Waals surface area contributed by atoms with E-state index in [9.17, 15) is 9.90 Å². The number of fused-ring (bicyclic) bond motifs is 1. The molecule has 4 heteroatoms. The Kier molecular flexibility index (Phi) is 2.87. The molecular weight excluding hydrogens is 218 g/mol. The number of carbonyl (C=O) groups excluding carboxylic acids is 1. The molecule has 0 aromatic rings. The van der Waals surface area contributed by atoms with Crippen molar-refractivity contribution in [2.24, 2.45) is 17.8 Å². The van der Waals surface area contributed by atoms with E-state index in [4.69, 9.17) is 4.74 Å². The van der Waals surface area contributed by atoms with E-state index in [0.29, 0.717) is 17.8 Å². The molecule has 0 radical (unpaired) electrons. The number of aliphatic hydroxyl groups is 1. The second-order valence-corrected chi connectivity index (χ2v) is 5.83. The molecular formula is C13H21NO3. The first-order valence-corrected chi connectivity index (χ1v) is 6.70. The molecule has 0 bridgehead atoms. The van der Waals surface area contributed by atoms with Crippen LogP contribution in [0.5, 0.6) is 0 Å². The fourth-order valence-corrected chi connectivity index (χ4v) is 3.67. The first-order chi connectivity index (χ1) is 8.20. The summed E-state index contributed by atoms with van der Waals surface area (Å²) in [7, 11) is 1.48. The average molecular weight is 239 g/mol. The molecule has 4 atom stereocenters. The van der Waals surface area contributed by atoms with Gasteiger partial charge in [0.2, 0.25) is 0 Å². The number of hydrogen-bond donors (Lipinski definition) is 1. The zero-order valence-corrected chi connectivity index (χ0v) is 10.3. The molecule has 1 N–H and O–H groups in total. The van der Waals surface area contributed by atoms with E-state index in [0.717, 1.165) is 38.8 Å². The van der Waals surface area contributed by atoms with Crippen molar-refractivity contribution in [1.29, 1.82) is 0 Å². The fourth-order valence-electron chi connectivity index (χ4n) is 3.67. The molecule has 0 aromatic heterocycles. The first-order valence-electron chi connectivity index (χ1n) is 6.70. The van der Waals surface area contributed by atoms with Crippen LogP contribution in [0.2, 0.25) is 0 Å². The molecule has 0 aromatic carbocycles. The number of aliphatic hydroxyl groups excluding tert-OH is 1. The fraction of sp³-hybridized carbons (Fsp3) is 0.923. The normalized spacial score (nSPS) is 39.1. The summed E-state index contributed by atoms with van der Waals surface area (Å²) in [6.45, 7) is 1.85. The van der Waals surface area contributed by atoms with Crippen LogP contribution in [-0.2, 0) is 9.53 Å². The van der Waals surface area contributed by atoms with Gasteiger partial charge in [0, 0.05) is 19.0 Å². The summed E-state index contributed by atoms with van der Waals surface area (Å²) in [5.74, 6) is 1.40. The van der Waals surface area contributed by atoms with Gasteiger partial charge in [0.05, 0.1) is 13.2 Å². The summed E-state index contributed by atoms with van der Waals surface area (Å²) in [6, 6.07) is -0.0437. The summed E-state index contributed by atoms with van der Waals surface area (Å²) in [6.07, 6.45) is 4.20. The molecule has 3 rings (SSSR count). The largest absolute Gasteiger partial charge is 0.468 e. The molecule has 2 aliphatic carbocycles. The Bertz CT molecular complexity index is 316. The maximum absolute atomic E-state index is 11.9. The highest BCUT2D eigenvalue weighted by Gasteiger charge is 2.49. The van der Waals surface area contributed by atoms with Crippen molar-refractivity contribution in [3.63, 3.8) is 0 Å². The highest BCUT2D eigenvalue weighted by atomic mass is 16.5. The first kappa shape index (κ1) is 11.5. The standard InChI is InChI=1S/C13H21NO3/c1-17-13(16)12(8-2-3-8)14-6-9-4-5-11(15)10(9)7-14/h8-12,15H,2-7H2,1H3. The van der Waals surface area contributed by atoms with Crippen molar-refractivity contribution in [1.82, 2.24) is 4.90 Å². The van der Waals surface area contributed by atoms with Crippen LogP contribution in [-0.4, -0.2) is 48.3 Å². The molecule has 1 aliphatic heterocycles. The number of rotatable bonds is 3. The van der Waals surface area contributed by atoms with Crippen LogP contribution in [0.25, 0.3) is 0 Å². The van der Waals surface area contributed by atoms with Crippen LogP contribution >= 0.6 is 0 Å². The smallest absolute Gasteiger partial charge is 0.323 e. The van der Waals surface area contributed by atoms with Crippen LogP contribution in [0.3, 0.4) is 0 Å². The maximum Gasteiger partial charge on any atom is 0.323 e. The Labute approximate surface area is 102 Å². The van der Waals surface area contributed by atoms with Gasteiger partial charge in [-0.1, -0.05) is 0 Å². The minimum absolute atomic E-state index is 0.0437. The lowest BCUT2D eigenvalue weighted by Crippen LogP contribution is -2.43. The quantitative estimate of drug-likeness (QED) is 0.734. The predicted octanol–water partition coefficient (Wildman–Crippen LogP) is 0.641. The van der Waals surface area contributed by atoms with Gasteiger partial charge in [0.25, 0.3) is 0 Å². The van der Waals surface area contributed by atoms with Gasteiger partial charge in [-0.2, -0.15) is 0 Å². The average Bonchev–Trinajstić information content (AvgIpc) is 2.96. The Balaban J connectivity index is 1.70. The van der Waals surface area contributed by atoms with Gasteiger partial charge in [-0.3, -0.25) is 9.69 Å². The van der Waals surface area contributed by atoms with E-state index in [2.05, 4.69) is 4.90 Å². The lowest BCUT2D eigenvalue weighted by atomic mass is 10.00. The number of hydrogen-bond acceptors (Lipinski definition) is 4.